The molecule has 0 atom stereocenters. The molecule has 3 N–H and O–H groups in total. The van der Waals surface area contributed by atoms with Crippen LogP contribution in [0.15, 0.2) is 59.5 Å². The van der Waals surface area contributed by atoms with E-state index in [4.69, 9.17) is 16.7 Å². The van der Waals surface area contributed by atoms with E-state index < -0.39 is 10.0 Å². The van der Waals surface area contributed by atoms with Crippen molar-refractivity contribution in [2.24, 2.45) is 5.14 Å². The lowest BCUT2D eigenvalue weighted by molar-refractivity contribution is 0.0951. The van der Waals surface area contributed by atoms with E-state index in [-0.39, 0.29) is 10.8 Å². The fraction of sp³-hybridized carbons (Fsp3) is 0.261. The molecule has 2 aromatic carbocycles. The second kappa shape index (κ2) is 9.87. The fourth-order valence-corrected chi connectivity index (χ4v) is 4.12. The van der Waals surface area contributed by atoms with Crippen LogP contribution in [0.4, 0.5) is 0 Å². The summed E-state index contributed by atoms with van der Waals surface area (Å²) in [7, 11) is 0.186. The number of nitrogens with one attached hydrogen (secondary N) is 1. The van der Waals surface area contributed by atoms with Crippen LogP contribution in [0.3, 0.4) is 0 Å². The molecule has 0 aliphatic heterocycles. The fourth-order valence-electron chi connectivity index (χ4n) is 3.48. The summed E-state index contributed by atoms with van der Waals surface area (Å²) in [4.78, 5) is 15.0. The predicted molar refractivity (Wildman–Crippen MR) is 128 cm³/mol. The molecule has 0 fully saturated rings. The Labute approximate surface area is 193 Å². The van der Waals surface area contributed by atoms with Crippen molar-refractivity contribution in [2.45, 2.75) is 18.2 Å². The van der Waals surface area contributed by atoms with Crippen LogP contribution in [0.25, 0.3) is 16.9 Å². The average molecular weight is 475 g/mol. The first-order valence-corrected chi connectivity index (χ1v) is 12.0. The summed E-state index contributed by atoms with van der Waals surface area (Å²) in [6, 6.07) is 15.4. The summed E-state index contributed by atoms with van der Waals surface area (Å²) < 4.78 is 25.2. The number of carbonyl (C=O) groups is 1. The van der Waals surface area contributed by atoms with E-state index in [2.05, 4.69) is 10.2 Å². The smallest absolute Gasteiger partial charge is 0.253 e. The summed E-state index contributed by atoms with van der Waals surface area (Å²) >= 11 is 6.05. The molecule has 3 rings (SSSR count). The maximum Gasteiger partial charge on any atom is 0.253 e. The zero-order chi connectivity index (χ0) is 23.5. The van der Waals surface area contributed by atoms with Crippen LogP contribution in [0.1, 0.15) is 22.5 Å². The third-order valence-corrected chi connectivity index (χ3v) is 6.30. The minimum Gasteiger partial charge on any atom is -0.352 e. The molecule has 170 valence electrons. The molecule has 7 nitrogen and oxygen atoms in total. The number of rotatable bonds is 8. The molecule has 0 spiro atoms. The van der Waals surface area contributed by atoms with Gasteiger partial charge in [0.05, 0.1) is 16.2 Å². The number of halogens is 1. The van der Waals surface area contributed by atoms with E-state index in [1.807, 2.05) is 43.8 Å². The van der Waals surface area contributed by atoms with Gasteiger partial charge in [0.2, 0.25) is 10.0 Å². The Morgan fingerprint density at radius 2 is 1.72 bits per heavy atom. The van der Waals surface area contributed by atoms with Gasteiger partial charge in [-0.1, -0.05) is 23.7 Å². The lowest BCUT2D eigenvalue weighted by Gasteiger charge is -2.13. The highest BCUT2D eigenvalue weighted by Crippen LogP contribution is 2.30. The van der Waals surface area contributed by atoms with Crippen molar-refractivity contribution < 1.29 is 13.2 Å². The molecule has 0 saturated heterocycles. The number of nitrogens with two attached hydrogens (primary N) is 1. The van der Waals surface area contributed by atoms with Gasteiger partial charge in [0.1, 0.15) is 0 Å². The Morgan fingerprint density at radius 1 is 1.09 bits per heavy atom. The third kappa shape index (κ3) is 5.58. The highest BCUT2D eigenvalue weighted by atomic mass is 35.5. The van der Waals surface area contributed by atoms with Gasteiger partial charge in [-0.05, 0) is 82.0 Å². The molecule has 9 heteroatoms. The standard InChI is InChI=1S/C23H27ClN4O3S/c1-16-21(23(29)26-13-4-14-27(2)3)15-22(17-5-7-18(24)8-6-17)28(16)19-9-11-20(12-10-19)32(25,30)31/h5-12,15H,4,13-14H2,1-3H3,(H,26,29)(H2,25,30,31). The van der Waals surface area contributed by atoms with E-state index in [0.717, 1.165) is 29.9 Å². The van der Waals surface area contributed by atoms with Gasteiger partial charge in [-0.25, -0.2) is 13.6 Å². The zero-order valence-corrected chi connectivity index (χ0v) is 19.9. The van der Waals surface area contributed by atoms with Crippen LogP contribution >= 0.6 is 11.6 Å². The summed E-state index contributed by atoms with van der Waals surface area (Å²) in [6.07, 6.45) is 0.845. The van der Waals surface area contributed by atoms with Gasteiger partial charge >= 0.3 is 0 Å². The summed E-state index contributed by atoms with van der Waals surface area (Å²) in [5.74, 6) is -0.156. The van der Waals surface area contributed by atoms with Crippen LogP contribution < -0.4 is 10.5 Å². The van der Waals surface area contributed by atoms with E-state index in [9.17, 15) is 13.2 Å². The number of aromatic nitrogens is 1. The maximum atomic E-state index is 12.9. The Morgan fingerprint density at radius 3 is 2.28 bits per heavy atom. The minimum absolute atomic E-state index is 0.0259. The first-order valence-electron chi connectivity index (χ1n) is 10.1. The lowest BCUT2D eigenvalue weighted by Crippen LogP contribution is -2.27. The van der Waals surface area contributed by atoms with Gasteiger partial charge in [0, 0.05) is 22.9 Å². The topological polar surface area (TPSA) is 97.4 Å². The SMILES string of the molecule is Cc1c(C(=O)NCCCN(C)C)cc(-c2ccc(Cl)cc2)n1-c1ccc(S(N)(=O)=O)cc1. The number of benzene rings is 2. The molecule has 0 bridgehead atoms. The Balaban J connectivity index is 2.02. The van der Waals surface area contributed by atoms with Crippen molar-refractivity contribution in [1.29, 1.82) is 0 Å². The number of carbonyl (C=O) groups excluding carboxylic acids is 1. The van der Waals surface area contributed by atoms with Crippen LogP contribution in [0.2, 0.25) is 5.02 Å². The van der Waals surface area contributed by atoms with Crippen LogP contribution in [0.5, 0.6) is 0 Å². The number of nitrogens with zero attached hydrogens (tertiary/aromatic N) is 2. The molecular weight excluding hydrogens is 448 g/mol. The van der Waals surface area contributed by atoms with Crippen LogP contribution in [-0.4, -0.2) is 51.0 Å². The van der Waals surface area contributed by atoms with E-state index in [1.54, 1.807) is 24.3 Å². The highest BCUT2D eigenvalue weighted by Gasteiger charge is 2.20. The maximum absolute atomic E-state index is 12.9. The first-order chi connectivity index (χ1) is 15.1. The average Bonchev–Trinajstić information content (AvgIpc) is 3.08. The normalized spacial score (nSPS) is 11.7. The van der Waals surface area contributed by atoms with Crippen molar-refractivity contribution in [2.75, 3.05) is 27.2 Å². The Bertz CT molecular complexity index is 1200. The molecule has 0 aliphatic rings. The summed E-state index contributed by atoms with van der Waals surface area (Å²) in [6.45, 7) is 3.31. The van der Waals surface area contributed by atoms with Crippen molar-refractivity contribution in [3.63, 3.8) is 0 Å². The van der Waals surface area contributed by atoms with E-state index in [1.165, 1.54) is 12.1 Å². The first kappa shape index (κ1) is 24.0. The largest absolute Gasteiger partial charge is 0.352 e. The van der Waals surface area contributed by atoms with E-state index in [0.29, 0.717) is 22.8 Å². The molecular formula is C23H27ClN4O3S. The lowest BCUT2D eigenvalue weighted by atomic mass is 10.1. The quantitative estimate of drug-likeness (QED) is 0.489. The second-order valence-electron chi connectivity index (χ2n) is 7.82. The molecule has 1 amide bonds. The number of hydrogen-bond acceptors (Lipinski definition) is 4. The van der Waals surface area contributed by atoms with Gasteiger partial charge in [-0.3, -0.25) is 4.79 Å². The minimum atomic E-state index is -3.80. The van der Waals surface area contributed by atoms with Crippen molar-refractivity contribution >= 4 is 27.5 Å². The third-order valence-electron chi connectivity index (χ3n) is 5.12. The van der Waals surface area contributed by atoms with Crippen molar-refractivity contribution in [3.8, 4) is 16.9 Å². The second-order valence-corrected chi connectivity index (χ2v) is 9.82. The number of amides is 1. The van der Waals surface area contributed by atoms with Crippen molar-refractivity contribution in [1.82, 2.24) is 14.8 Å². The Hall–Kier alpha value is -2.65. The number of primary sulfonamides is 1. The van der Waals surface area contributed by atoms with Gasteiger partial charge in [-0.2, -0.15) is 0 Å². The molecule has 32 heavy (non-hydrogen) atoms. The monoisotopic (exact) mass is 474 g/mol. The van der Waals surface area contributed by atoms with Gasteiger partial charge in [0.15, 0.2) is 0 Å². The highest BCUT2D eigenvalue weighted by molar-refractivity contribution is 7.89. The number of hydrogen-bond donors (Lipinski definition) is 2. The molecule has 1 aromatic heterocycles. The summed E-state index contributed by atoms with van der Waals surface area (Å²) in [5.41, 5.74) is 3.67. The molecule has 0 aliphatic carbocycles. The Kier molecular flexibility index (Phi) is 7.40. The molecule has 0 radical (unpaired) electrons. The van der Waals surface area contributed by atoms with Gasteiger partial charge in [-0.15, -0.1) is 0 Å². The van der Waals surface area contributed by atoms with E-state index >= 15 is 0 Å². The predicted octanol–water partition coefficient (Wildman–Crippen LogP) is 3.44. The molecule has 0 unspecified atom stereocenters. The van der Waals surface area contributed by atoms with Gasteiger partial charge in [0.25, 0.3) is 5.91 Å². The zero-order valence-electron chi connectivity index (χ0n) is 18.3. The van der Waals surface area contributed by atoms with Crippen LogP contribution in [0, 0.1) is 6.92 Å². The van der Waals surface area contributed by atoms with Crippen LogP contribution in [-0.2, 0) is 10.0 Å². The summed E-state index contributed by atoms with van der Waals surface area (Å²) in [5, 5.41) is 8.82. The molecule has 3 aromatic rings. The molecule has 1 heterocycles. The van der Waals surface area contributed by atoms with Gasteiger partial charge < -0.3 is 14.8 Å². The number of sulfonamides is 1. The van der Waals surface area contributed by atoms with Crippen molar-refractivity contribution in [3.05, 3.63) is 70.9 Å². The molecule has 0 saturated carbocycles.